The first-order chi connectivity index (χ1) is 14.3. The molecule has 0 radical (unpaired) electrons. The molecule has 0 unspecified atom stereocenters. The minimum Gasteiger partial charge on any atom is -0.352 e. The monoisotopic (exact) mass is 382 g/mol. The lowest BCUT2D eigenvalue weighted by Crippen LogP contribution is -2.23. The van der Waals surface area contributed by atoms with Gasteiger partial charge in [0.05, 0.1) is 11.4 Å². The fourth-order valence-corrected chi connectivity index (χ4v) is 3.19. The summed E-state index contributed by atoms with van der Waals surface area (Å²) < 4.78 is 0. The Hall–Kier alpha value is -3.73. The molecule has 0 saturated heterocycles. The van der Waals surface area contributed by atoms with Gasteiger partial charge in [-0.15, -0.1) is 0 Å². The molecule has 5 heteroatoms. The molecule has 29 heavy (non-hydrogen) atoms. The van der Waals surface area contributed by atoms with E-state index in [1.54, 1.807) is 12.4 Å². The molecule has 0 atom stereocenters. The van der Waals surface area contributed by atoms with Gasteiger partial charge in [0.1, 0.15) is 5.82 Å². The first kappa shape index (κ1) is 18.6. The molecule has 0 bridgehead atoms. The summed E-state index contributed by atoms with van der Waals surface area (Å²) in [6, 6.07) is 21.5. The molecule has 144 valence electrons. The van der Waals surface area contributed by atoms with Crippen LogP contribution in [0.5, 0.6) is 0 Å². The molecule has 2 heterocycles. The van der Waals surface area contributed by atoms with Crippen LogP contribution >= 0.6 is 0 Å². The highest BCUT2D eigenvalue weighted by Crippen LogP contribution is 2.33. The normalized spacial score (nSPS) is 10.7. The number of H-pyrrole nitrogens is 1. The second kappa shape index (κ2) is 8.52. The zero-order valence-electron chi connectivity index (χ0n) is 16.2. The maximum atomic E-state index is 12.4. The number of carbonyl (C=O) groups is 1. The number of benzene rings is 2. The van der Waals surface area contributed by atoms with Gasteiger partial charge in [0.2, 0.25) is 0 Å². The number of hydrogen-bond donors (Lipinski definition) is 2. The van der Waals surface area contributed by atoms with Crippen molar-refractivity contribution in [3.63, 3.8) is 0 Å². The van der Waals surface area contributed by atoms with Crippen LogP contribution in [-0.2, 0) is 0 Å². The van der Waals surface area contributed by atoms with Crippen LogP contribution in [0.4, 0.5) is 0 Å². The third-order valence-corrected chi connectivity index (χ3v) is 4.65. The van der Waals surface area contributed by atoms with Crippen molar-refractivity contribution in [2.75, 3.05) is 6.54 Å². The molecular weight excluding hydrogens is 360 g/mol. The highest BCUT2D eigenvalue weighted by Gasteiger charge is 2.16. The van der Waals surface area contributed by atoms with E-state index in [2.05, 4.69) is 15.3 Å². The summed E-state index contributed by atoms with van der Waals surface area (Å²) in [7, 11) is 0. The maximum Gasteiger partial charge on any atom is 0.251 e. The Labute approximate surface area is 169 Å². The Balaban J connectivity index is 1.81. The summed E-state index contributed by atoms with van der Waals surface area (Å²) in [5, 5.41) is 2.93. The van der Waals surface area contributed by atoms with Crippen LogP contribution in [0.1, 0.15) is 23.7 Å². The number of imidazole rings is 1. The average molecular weight is 382 g/mol. The number of amides is 1. The predicted molar refractivity (Wildman–Crippen MR) is 115 cm³/mol. The quantitative estimate of drug-likeness (QED) is 0.496. The van der Waals surface area contributed by atoms with Gasteiger partial charge in [-0.25, -0.2) is 4.98 Å². The summed E-state index contributed by atoms with van der Waals surface area (Å²) in [6.45, 7) is 2.70. The van der Waals surface area contributed by atoms with Gasteiger partial charge in [0.15, 0.2) is 0 Å². The Bertz CT molecular complexity index is 1100. The van der Waals surface area contributed by atoms with Gasteiger partial charge in [-0.05, 0) is 30.7 Å². The van der Waals surface area contributed by atoms with E-state index < -0.39 is 0 Å². The molecule has 0 fully saturated rings. The smallest absolute Gasteiger partial charge is 0.251 e. The molecule has 4 aromatic rings. The van der Waals surface area contributed by atoms with Crippen molar-refractivity contribution in [1.82, 2.24) is 20.3 Å². The molecule has 0 aliphatic heterocycles. The van der Waals surface area contributed by atoms with Gasteiger partial charge < -0.3 is 10.3 Å². The minimum atomic E-state index is -0.0676. The summed E-state index contributed by atoms with van der Waals surface area (Å²) in [5.74, 6) is 0.718. The first-order valence-electron chi connectivity index (χ1n) is 9.70. The van der Waals surface area contributed by atoms with E-state index in [4.69, 9.17) is 4.98 Å². The number of carbonyl (C=O) groups excluding carboxylic acids is 1. The fourth-order valence-electron chi connectivity index (χ4n) is 3.19. The van der Waals surface area contributed by atoms with E-state index in [9.17, 15) is 4.79 Å². The third kappa shape index (κ3) is 4.09. The van der Waals surface area contributed by atoms with Crippen LogP contribution in [0.3, 0.4) is 0 Å². The van der Waals surface area contributed by atoms with Crippen molar-refractivity contribution in [3.8, 4) is 33.9 Å². The zero-order valence-corrected chi connectivity index (χ0v) is 16.2. The highest BCUT2D eigenvalue weighted by atomic mass is 16.1. The third-order valence-electron chi connectivity index (χ3n) is 4.65. The van der Waals surface area contributed by atoms with Crippen LogP contribution < -0.4 is 5.32 Å². The number of nitrogens with zero attached hydrogens (tertiary/aromatic N) is 2. The largest absolute Gasteiger partial charge is 0.352 e. The Kier molecular flexibility index (Phi) is 5.47. The van der Waals surface area contributed by atoms with E-state index in [0.717, 1.165) is 40.3 Å². The topological polar surface area (TPSA) is 70.7 Å². The second-order valence-corrected chi connectivity index (χ2v) is 6.75. The lowest BCUT2D eigenvalue weighted by Gasteiger charge is -2.07. The van der Waals surface area contributed by atoms with Crippen molar-refractivity contribution in [2.24, 2.45) is 0 Å². The number of aromatic amines is 1. The number of nitrogens with one attached hydrogen (secondary N) is 2. The van der Waals surface area contributed by atoms with E-state index in [-0.39, 0.29) is 5.91 Å². The van der Waals surface area contributed by atoms with Gasteiger partial charge in [-0.1, -0.05) is 49.4 Å². The molecule has 2 aromatic heterocycles. The van der Waals surface area contributed by atoms with E-state index >= 15 is 0 Å². The van der Waals surface area contributed by atoms with Crippen molar-refractivity contribution in [1.29, 1.82) is 0 Å². The summed E-state index contributed by atoms with van der Waals surface area (Å²) >= 11 is 0. The lowest BCUT2D eigenvalue weighted by molar-refractivity contribution is 0.0953. The molecule has 5 nitrogen and oxygen atoms in total. The van der Waals surface area contributed by atoms with E-state index in [1.807, 2.05) is 73.7 Å². The van der Waals surface area contributed by atoms with Crippen LogP contribution in [0.25, 0.3) is 33.9 Å². The Morgan fingerprint density at radius 3 is 2.45 bits per heavy atom. The van der Waals surface area contributed by atoms with Crippen LogP contribution in [0.15, 0.2) is 79.1 Å². The van der Waals surface area contributed by atoms with Gasteiger partial charge in [-0.2, -0.15) is 0 Å². The Morgan fingerprint density at radius 1 is 0.931 bits per heavy atom. The Morgan fingerprint density at radius 2 is 1.69 bits per heavy atom. The van der Waals surface area contributed by atoms with Crippen molar-refractivity contribution in [3.05, 3.63) is 84.7 Å². The minimum absolute atomic E-state index is 0.0676. The number of hydrogen-bond acceptors (Lipinski definition) is 3. The molecule has 0 spiro atoms. The van der Waals surface area contributed by atoms with Gasteiger partial charge in [0, 0.05) is 41.2 Å². The van der Waals surface area contributed by atoms with Crippen molar-refractivity contribution < 1.29 is 4.79 Å². The van der Waals surface area contributed by atoms with E-state index in [1.165, 1.54) is 0 Å². The number of aromatic nitrogens is 3. The average Bonchev–Trinajstić information content (AvgIpc) is 3.24. The van der Waals surface area contributed by atoms with Gasteiger partial charge >= 0.3 is 0 Å². The van der Waals surface area contributed by atoms with Crippen LogP contribution in [-0.4, -0.2) is 27.4 Å². The van der Waals surface area contributed by atoms with Crippen LogP contribution in [0, 0.1) is 0 Å². The van der Waals surface area contributed by atoms with E-state index in [0.29, 0.717) is 12.1 Å². The van der Waals surface area contributed by atoms with Crippen molar-refractivity contribution in [2.45, 2.75) is 13.3 Å². The lowest BCUT2D eigenvalue weighted by atomic mass is 10.0. The first-order valence-corrected chi connectivity index (χ1v) is 9.70. The predicted octanol–water partition coefficient (Wildman–Crippen LogP) is 4.95. The molecule has 0 saturated carbocycles. The zero-order chi connectivity index (χ0) is 20.1. The van der Waals surface area contributed by atoms with Gasteiger partial charge in [0.25, 0.3) is 5.91 Å². The van der Waals surface area contributed by atoms with Gasteiger partial charge in [-0.3, -0.25) is 9.78 Å². The SMILES string of the molecule is CCCNC(=O)c1cccc(-c2[nH]c(-c3ccccc3)nc2-c2ccncc2)c1. The molecule has 4 rings (SSSR count). The molecule has 0 aliphatic rings. The maximum absolute atomic E-state index is 12.4. The molecule has 1 amide bonds. The highest BCUT2D eigenvalue weighted by molar-refractivity contribution is 5.96. The molecule has 2 N–H and O–H groups in total. The summed E-state index contributed by atoms with van der Waals surface area (Å²) in [6.07, 6.45) is 4.41. The number of pyridine rings is 1. The number of rotatable bonds is 6. The molecule has 2 aromatic carbocycles. The summed E-state index contributed by atoms with van der Waals surface area (Å²) in [4.78, 5) is 24.9. The summed E-state index contributed by atoms with van der Waals surface area (Å²) in [5.41, 5.74) is 5.22. The second-order valence-electron chi connectivity index (χ2n) is 6.75. The molecular formula is C24H22N4O. The van der Waals surface area contributed by atoms with Crippen molar-refractivity contribution >= 4 is 5.91 Å². The molecule has 0 aliphatic carbocycles. The van der Waals surface area contributed by atoms with Crippen LogP contribution in [0.2, 0.25) is 0 Å². The fraction of sp³-hybridized carbons (Fsp3) is 0.125. The standard InChI is InChI=1S/C24H22N4O/c1-2-13-26-24(29)20-10-6-9-19(16-20)22-21(17-11-14-25-15-12-17)27-23(28-22)18-7-4-3-5-8-18/h3-12,14-16H,2,13H2,1H3,(H,26,29)(H,27,28).